The van der Waals surface area contributed by atoms with Crippen molar-refractivity contribution in [1.29, 1.82) is 0 Å². The fourth-order valence-corrected chi connectivity index (χ4v) is 2.38. The van der Waals surface area contributed by atoms with Crippen LogP contribution in [0.1, 0.15) is 24.0 Å². The van der Waals surface area contributed by atoms with E-state index in [0.717, 1.165) is 18.3 Å². The number of hydrogen-bond acceptors (Lipinski definition) is 2. The van der Waals surface area contributed by atoms with E-state index in [1.807, 2.05) is 6.07 Å². The average molecular weight is 188 g/mol. The molecule has 0 unspecified atom stereocenters. The van der Waals surface area contributed by atoms with Gasteiger partial charge < -0.3 is 5.73 Å². The minimum atomic E-state index is 0.864. The second-order valence-corrected chi connectivity index (χ2v) is 4.44. The largest absolute Gasteiger partial charge is 0.398 e. The summed E-state index contributed by atoms with van der Waals surface area (Å²) in [6.07, 6.45) is 3.96. The van der Waals surface area contributed by atoms with Gasteiger partial charge in [-0.05, 0) is 36.5 Å². The molecule has 0 amide bonds. The monoisotopic (exact) mass is 188 g/mol. The van der Waals surface area contributed by atoms with Crippen molar-refractivity contribution in [2.45, 2.75) is 31.8 Å². The number of rotatable bonds is 1. The molecule has 0 bridgehead atoms. The Morgan fingerprint density at radius 3 is 2.93 bits per heavy atom. The third-order valence-corrected chi connectivity index (χ3v) is 3.40. The van der Waals surface area contributed by atoms with Gasteiger partial charge in [0.15, 0.2) is 0 Å². The Kier molecular flexibility index (Phi) is 1.77. The second-order valence-electron chi connectivity index (χ2n) is 4.44. The fourth-order valence-electron chi connectivity index (χ4n) is 2.38. The molecule has 1 saturated carbocycles. The summed E-state index contributed by atoms with van der Waals surface area (Å²) >= 11 is 0. The fraction of sp³-hybridized carbons (Fsp3) is 0.500. The Balaban J connectivity index is 1.91. The van der Waals surface area contributed by atoms with Gasteiger partial charge in [0.2, 0.25) is 0 Å². The summed E-state index contributed by atoms with van der Waals surface area (Å²) in [6.45, 7) is 2.30. The molecule has 2 aliphatic rings. The highest BCUT2D eigenvalue weighted by Gasteiger charge is 2.31. The Bertz CT molecular complexity index is 355. The zero-order valence-corrected chi connectivity index (χ0v) is 8.37. The maximum atomic E-state index is 6.00. The zero-order valence-electron chi connectivity index (χ0n) is 8.37. The Morgan fingerprint density at radius 2 is 2.14 bits per heavy atom. The molecule has 1 aliphatic carbocycles. The van der Waals surface area contributed by atoms with Crippen molar-refractivity contribution in [3.8, 4) is 0 Å². The van der Waals surface area contributed by atoms with Crippen molar-refractivity contribution < 1.29 is 0 Å². The van der Waals surface area contributed by atoms with E-state index in [2.05, 4.69) is 17.0 Å². The number of nitrogens with two attached hydrogens (primary N) is 1. The third kappa shape index (κ3) is 1.30. The predicted octanol–water partition coefficient (Wildman–Crippen LogP) is 1.79. The molecule has 1 aromatic carbocycles. The van der Waals surface area contributed by atoms with Crippen LogP contribution >= 0.6 is 0 Å². The SMILES string of the molecule is Nc1cccc2c1CN(C1CC1)CC2. The first-order valence-corrected chi connectivity index (χ1v) is 5.45. The molecule has 14 heavy (non-hydrogen) atoms. The van der Waals surface area contributed by atoms with E-state index < -0.39 is 0 Å². The van der Waals surface area contributed by atoms with Gasteiger partial charge in [0.05, 0.1) is 0 Å². The van der Waals surface area contributed by atoms with E-state index in [0.29, 0.717) is 0 Å². The molecule has 0 saturated heterocycles. The highest BCUT2D eigenvalue weighted by atomic mass is 15.2. The summed E-state index contributed by atoms with van der Waals surface area (Å²) < 4.78 is 0. The smallest absolute Gasteiger partial charge is 0.0362 e. The van der Waals surface area contributed by atoms with Crippen LogP contribution in [-0.2, 0) is 13.0 Å². The first-order valence-electron chi connectivity index (χ1n) is 5.45. The van der Waals surface area contributed by atoms with Crippen LogP contribution in [0.4, 0.5) is 5.69 Å². The van der Waals surface area contributed by atoms with Crippen LogP contribution in [0.3, 0.4) is 0 Å². The summed E-state index contributed by atoms with van der Waals surface area (Å²) in [5.74, 6) is 0. The molecule has 2 nitrogen and oxygen atoms in total. The lowest BCUT2D eigenvalue weighted by molar-refractivity contribution is 0.244. The zero-order chi connectivity index (χ0) is 9.54. The van der Waals surface area contributed by atoms with Gasteiger partial charge in [-0.15, -0.1) is 0 Å². The van der Waals surface area contributed by atoms with Crippen LogP contribution in [0.2, 0.25) is 0 Å². The minimum absolute atomic E-state index is 0.864. The van der Waals surface area contributed by atoms with Gasteiger partial charge in [0, 0.05) is 24.8 Å². The number of hydrogen-bond donors (Lipinski definition) is 1. The van der Waals surface area contributed by atoms with Gasteiger partial charge in [-0.1, -0.05) is 12.1 Å². The van der Waals surface area contributed by atoms with Gasteiger partial charge in [0.25, 0.3) is 0 Å². The molecule has 3 rings (SSSR count). The summed E-state index contributed by atoms with van der Waals surface area (Å²) in [5.41, 5.74) is 9.82. The lowest BCUT2D eigenvalue weighted by Crippen LogP contribution is -2.32. The molecule has 2 N–H and O–H groups in total. The average Bonchev–Trinajstić information content (AvgIpc) is 3.01. The molecule has 74 valence electrons. The highest BCUT2D eigenvalue weighted by Crippen LogP contribution is 2.33. The van der Waals surface area contributed by atoms with Gasteiger partial charge in [0.1, 0.15) is 0 Å². The van der Waals surface area contributed by atoms with Crippen LogP contribution < -0.4 is 5.73 Å². The van der Waals surface area contributed by atoms with Crippen molar-refractivity contribution in [3.05, 3.63) is 29.3 Å². The first-order chi connectivity index (χ1) is 6.84. The molecule has 1 heterocycles. The molecule has 0 atom stereocenters. The van der Waals surface area contributed by atoms with E-state index >= 15 is 0 Å². The molecule has 1 fully saturated rings. The van der Waals surface area contributed by atoms with Gasteiger partial charge >= 0.3 is 0 Å². The first kappa shape index (κ1) is 8.30. The Morgan fingerprint density at radius 1 is 1.29 bits per heavy atom. The standard InChI is InChI=1S/C12H16N2/c13-12-3-1-2-9-6-7-14(8-11(9)12)10-4-5-10/h1-3,10H,4-8,13H2. The maximum absolute atomic E-state index is 6.00. The van der Waals surface area contributed by atoms with Crippen LogP contribution in [0.15, 0.2) is 18.2 Å². The number of fused-ring (bicyclic) bond motifs is 1. The molecule has 1 aliphatic heterocycles. The molecular formula is C12H16N2. The lowest BCUT2D eigenvalue weighted by atomic mass is 9.98. The number of anilines is 1. The molecule has 0 spiro atoms. The van der Waals surface area contributed by atoms with Gasteiger partial charge in [-0.2, -0.15) is 0 Å². The van der Waals surface area contributed by atoms with Gasteiger partial charge in [-0.25, -0.2) is 0 Å². The van der Waals surface area contributed by atoms with Crippen molar-refractivity contribution in [2.24, 2.45) is 0 Å². The van der Waals surface area contributed by atoms with Crippen LogP contribution in [0.25, 0.3) is 0 Å². The molecule has 0 radical (unpaired) electrons. The lowest BCUT2D eigenvalue weighted by Gasteiger charge is -2.29. The van der Waals surface area contributed by atoms with E-state index in [1.165, 1.54) is 36.9 Å². The summed E-state index contributed by atoms with van der Waals surface area (Å²) in [7, 11) is 0. The highest BCUT2D eigenvalue weighted by molar-refractivity contribution is 5.51. The van der Waals surface area contributed by atoms with Crippen molar-refractivity contribution in [3.63, 3.8) is 0 Å². The number of benzene rings is 1. The molecule has 2 heteroatoms. The minimum Gasteiger partial charge on any atom is -0.398 e. The number of nitrogen functional groups attached to an aromatic ring is 1. The molecular weight excluding hydrogens is 172 g/mol. The maximum Gasteiger partial charge on any atom is 0.0362 e. The van der Waals surface area contributed by atoms with Gasteiger partial charge in [-0.3, -0.25) is 4.90 Å². The van der Waals surface area contributed by atoms with Crippen LogP contribution in [0, 0.1) is 0 Å². The number of nitrogens with zero attached hydrogens (tertiary/aromatic N) is 1. The quantitative estimate of drug-likeness (QED) is 0.681. The Labute approximate surface area is 84.7 Å². The van der Waals surface area contributed by atoms with Crippen LogP contribution in [-0.4, -0.2) is 17.5 Å². The van der Waals surface area contributed by atoms with Crippen molar-refractivity contribution >= 4 is 5.69 Å². The predicted molar refractivity (Wildman–Crippen MR) is 58.0 cm³/mol. The summed E-state index contributed by atoms with van der Waals surface area (Å²) in [6, 6.07) is 7.18. The van der Waals surface area contributed by atoms with E-state index in [-0.39, 0.29) is 0 Å². The molecule has 0 aromatic heterocycles. The topological polar surface area (TPSA) is 29.3 Å². The van der Waals surface area contributed by atoms with Crippen molar-refractivity contribution in [1.82, 2.24) is 4.90 Å². The van der Waals surface area contributed by atoms with E-state index in [1.54, 1.807) is 0 Å². The van der Waals surface area contributed by atoms with E-state index in [4.69, 9.17) is 5.73 Å². The molecule has 1 aromatic rings. The Hall–Kier alpha value is -1.02. The van der Waals surface area contributed by atoms with E-state index in [9.17, 15) is 0 Å². The second kappa shape index (κ2) is 2.99. The summed E-state index contributed by atoms with van der Waals surface area (Å²) in [4.78, 5) is 2.58. The van der Waals surface area contributed by atoms with Crippen molar-refractivity contribution in [2.75, 3.05) is 12.3 Å². The van der Waals surface area contributed by atoms with Crippen LogP contribution in [0.5, 0.6) is 0 Å². The normalized spacial score (nSPS) is 22.0. The third-order valence-electron chi connectivity index (χ3n) is 3.40. The summed E-state index contributed by atoms with van der Waals surface area (Å²) in [5, 5.41) is 0.